The number of rotatable bonds is 4. The molecule has 5 heteroatoms. The predicted octanol–water partition coefficient (Wildman–Crippen LogP) is 4.07. The molecular formula is C12H14F4O. The van der Waals surface area contributed by atoms with E-state index in [0.29, 0.717) is 18.9 Å². The summed E-state index contributed by atoms with van der Waals surface area (Å²) in [5.41, 5.74) is -1.09. The third-order valence-electron chi connectivity index (χ3n) is 2.46. The van der Waals surface area contributed by atoms with Crippen LogP contribution < -0.4 is 0 Å². The van der Waals surface area contributed by atoms with Crippen molar-refractivity contribution >= 4 is 0 Å². The number of alkyl halides is 3. The molecule has 1 aromatic carbocycles. The lowest BCUT2D eigenvalue weighted by molar-refractivity contribution is -0.137. The van der Waals surface area contributed by atoms with Gasteiger partial charge in [-0.05, 0) is 30.2 Å². The maximum absolute atomic E-state index is 13.0. The average molecular weight is 250 g/mol. The van der Waals surface area contributed by atoms with Crippen molar-refractivity contribution in [1.82, 2.24) is 0 Å². The van der Waals surface area contributed by atoms with E-state index in [9.17, 15) is 22.7 Å². The van der Waals surface area contributed by atoms with Crippen molar-refractivity contribution in [3.63, 3.8) is 0 Å². The number of hydrogen-bond acceptors (Lipinski definition) is 1. The van der Waals surface area contributed by atoms with Gasteiger partial charge in [-0.15, -0.1) is 0 Å². The summed E-state index contributed by atoms with van der Waals surface area (Å²) in [7, 11) is 0. The predicted molar refractivity (Wildman–Crippen MR) is 55.9 cm³/mol. The Labute approximate surface area is 97.1 Å². The Kier molecular flexibility index (Phi) is 4.51. The highest BCUT2D eigenvalue weighted by molar-refractivity contribution is 5.28. The van der Waals surface area contributed by atoms with Crippen LogP contribution in [0.5, 0.6) is 0 Å². The van der Waals surface area contributed by atoms with Gasteiger partial charge in [0.05, 0.1) is 11.7 Å². The number of aliphatic hydroxyl groups excluding tert-OH is 1. The second kappa shape index (κ2) is 5.49. The number of halogens is 4. The van der Waals surface area contributed by atoms with Crippen molar-refractivity contribution < 1.29 is 22.7 Å². The molecule has 0 saturated heterocycles. The van der Waals surface area contributed by atoms with Gasteiger partial charge in [0, 0.05) is 0 Å². The van der Waals surface area contributed by atoms with Gasteiger partial charge in [0.1, 0.15) is 5.82 Å². The molecular weight excluding hydrogens is 236 g/mol. The molecule has 0 aliphatic carbocycles. The highest BCUT2D eigenvalue weighted by atomic mass is 19.4. The lowest BCUT2D eigenvalue weighted by Gasteiger charge is -2.13. The number of benzene rings is 1. The highest BCUT2D eigenvalue weighted by Gasteiger charge is 2.31. The minimum absolute atomic E-state index is 0.0224. The smallest absolute Gasteiger partial charge is 0.388 e. The van der Waals surface area contributed by atoms with Gasteiger partial charge in [0.2, 0.25) is 0 Å². The van der Waals surface area contributed by atoms with Gasteiger partial charge in [0.15, 0.2) is 0 Å². The van der Waals surface area contributed by atoms with E-state index in [1.807, 2.05) is 6.92 Å². The molecule has 0 spiro atoms. The first kappa shape index (κ1) is 14.0. The minimum Gasteiger partial charge on any atom is -0.388 e. The maximum Gasteiger partial charge on any atom is 0.416 e. The maximum atomic E-state index is 13.0. The molecule has 0 amide bonds. The molecule has 1 atom stereocenters. The second-order valence-electron chi connectivity index (χ2n) is 3.93. The molecule has 17 heavy (non-hydrogen) atoms. The van der Waals surface area contributed by atoms with Crippen LogP contribution in [0.2, 0.25) is 0 Å². The summed E-state index contributed by atoms with van der Waals surface area (Å²) in [4.78, 5) is 0. The van der Waals surface area contributed by atoms with E-state index < -0.39 is 23.7 Å². The zero-order valence-electron chi connectivity index (χ0n) is 9.39. The molecule has 1 N–H and O–H groups in total. The minimum atomic E-state index is -4.60. The molecule has 1 unspecified atom stereocenters. The monoisotopic (exact) mass is 250 g/mol. The Morgan fingerprint density at radius 2 is 1.88 bits per heavy atom. The standard InChI is InChI=1S/C12H14F4O/c1-2-3-4-11(17)8-5-9(12(14,15)16)7-10(13)6-8/h5-7,11,17H,2-4H2,1H3. The molecule has 0 radical (unpaired) electrons. The van der Waals surface area contributed by atoms with Crippen LogP contribution in [0.1, 0.15) is 43.4 Å². The molecule has 0 saturated carbocycles. The van der Waals surface area contributed by atoms with E-state index in [1.165, 1.54) is 0 Å². The van der Waals surface area contributed by atoms with Crippen LogP contribution in [-0.4, -0.2) is 5.11 Å². The Morgan fingerprint density at radius 3 is 2.41 bits per heavy atom. The van der Waals surface area contributed by atoms with Crippen LogP contribution in [-0.2, 0) is 6.18 Å². The molecule has 0 aliphatic rings. The van der Waals surface area contributed by atoms with Crippen molar-refractivity contribution in [1.29, 1.82) is 0 Å². The van der Waals surface area contributed by atoms with E-state index in [-0.39, 0.29) is 5.56 Å². The molecule has 1 nitrogen and oxygen atoms in total. The molecule has 1 rings (SSSR count). The van der Waals surface area contributed by atoms with Crippen LogP contribution in [0.4, 0.5) is 17.6 Å². The largest absolute Gasteiger partial charge is 0.416 e. The third kappa shape index (κ3) is 4.00. The fourth-order valence-corrected chi connectivity index (χ4v) is 1.53. The Hall–Kier alpha value is -1.10. The topological polar surface area (TPSA) is 20.2 Å². The number of hydrogen-bond donors (Lipinski definition) is 1. The third-order valence-corrected chi connectivity index (χ3v) is 2.46. The van der Waals surface area contributed by atoms with Gasteiger partial charge in [-0.25, -0.2) is 4.39 Å². The van der Waals surface area contributed by atoms with Gasteiger partial charge < -0.3 is 5.11 Å². The van der Waals surface area contributed by atoms with Gasteiger partial charge in [-0.3, -0.25) is 0 Å². The molecule has 1 aromatic rings. The summed E-state index contributed by atoms with van der Waals surface area (Å²) in [5.74, 6) is -0.981. The fourth-order valence-electron chi connectivity index (χ4n) is 1.53. The Balaban J connectivity index is 2.97. The first-order valence-corrected chi connectivity index (χ1v) is 5.40. The summed E-state index contributed by atoms with van der Waals surface area (Å²) in [6.07, 6.45) is -3.82. The van der Waals surface area contributed by atoms with E-state index in [1.54, 1.807) is 0 Å². The van der Waals surface area contributed by atoms with Gasteiger partial charge in [-0.1, -0.05) is 19.8 Å². The average Bonchev–Trinajstić information content (AvgIpc) is 2.23. The first-order chi connectivity index (χ1) is 7.84. The summed E-state index contributed by atoms with van der Waals surface area (Å²) in [6, 6.07) is 2.16. The summed E-state index contributed by atoms with van der Waals surface area (Å²) < 4.78 is 50.3. The lowest BCUT2D eigenvalue weighted by Crippen LogP contribution is -2.08. The van der Waals surface area contributed by atoms with Crippen LogP contribution in [0, 0.1) is 5.82 Å². The van der Waals surface area contributed by atoms with Crippen molar-refractivity contribution in [2.45, 2.75) is 38.5 Å². The van der Waals surface area contributed by atoms with Gasteiger partial charge in [-0.2, -0.15) is 13.2 Å². The van der Waals surface area contributed by atoms with Crippen molar-refractivity contribution in [2.75, 3.05) is 0 Å². The van der Waals surface area contributed by atoms with Crippen LogP contribution in [0.15, 0.2) is 18.2 Å². The molecule has 0 aromatic heterocycles. The van der Waals surface area contributed by atoms with E-state index in [2.05, 4.69) is 0 Å². The molecule has 96 valence electrons. The van der Waals surface area contributed by atoms with E-state index >= 15 is 0 Å². The normalized spacial score (nSPS) is 13.8. The Bertz CT molecular complexity index is 373. The Morgan fingerprint density at radius 1 is 1.24 bits per heavy atom. The molecule has 0 aliphatic heterocycles. The van der Waals surface area contributed by atoms with Gasteiger partial charge >= 0.3 is 6.18 Å². The quantitative estimate of drug-likeness (QED) is 0.799. The van der Waals surface area contributed by atoms with E-state index in [0.717, 1.165) is 18.6 Å². The molecule has 0 heterocycles. The van der Waals surface area contributed by atoms with Crippen LogP contribution in [0.3, 0.4) is 0 Å². The zero-order chi connectivity index (χ0) is 13.1. The highest BCUT2D eigenvalue weighted by Crippen LogP contribution is 2.32. The van der Waals surface area contributed by atoms with Crippen molar-refractivity contribution in [2.24, 2.45) is 0 Å². The van der Waals surface area contributed by atoms with Crippen LogP contribution in [0.25, 0.3) is 0 Å². The molecule has 0 bridgehead atoms. The molecule has 0 fully saturated rings. The number of aliphatic hydroxyl groups is 1. The van der Waals surface area contributed by atoms with E-state index in [4.69, 9.17) is 0 Å². The van der Waals surface area contributed by atoms with Crippen molar-refractivity contribution in [3.8, 4) is 0 Å². The summed E-state index contributed by atoms with van der Waals surface area (Å²) in [5, 5.41) is 9.63. The summed E-state index contributed by atoms with van der Waals surface area (Å²) in [6.45, 7) is 1.90. The second-order valence-corrected chi connectivity index (χ2v) is 3.93. The van der Waals surface area contributed by atoms with Crippen molar-refractivity contribution in [3.05, 3.63) is 35.1 Å². The van der Waals surface area contributed by atoms with Gasteiger partial charge in [0.25, 0.3) is 0 Å². The summed E-state index contributed by atoms with van der Waals surface area (Å²) >= 11 is 0. The SMILES string of the molecule is CCCCC(O)c1cc(F)cc(C(F)(F)F)c1. The zero-order valence-corrected chi connectivity index (χ0v) is 9.39. The lowest BCUT2D eigenvalue weighted by atomic mass is 10.0. The van der Waals surface area contributed by atoms with Crippen LogP contribution >= 0.6 is 0 Å². The fraction of sp³-hybridized carbons (Fsp3) is 0.500. The first-order valence-electron chi connectivity index (χ1n) is 5.40. The number of unbranched alkanes of at least 4 members (excludes halogenated alkanes) is 1.